The van der Waals surface area contributed by atoms with Crippen LogP contribution in [0, 0.1) is 5.92 Å². The molecule has 0 aliphatic heterocycles. The molecule has 17 heavy (non-hydrogen) atoms. The highest BCUT2D eigenvalue weighted by atomic mass is 16.5. The Bertz CT molecular complexity index is 535. The minimum atomic E-state index is -0.0510. The predicted octanol–water partition coefficient (Wildman–Crippen LogP) is 2.52. The molecule has 0 saturated heterocycles. The highest BCUT2D eigenvalue weighted by Gasteiger charge is 2.22. The summed E-state index contributed by atoms with van der Waals surface area (Å²) >= 11 is 0. The molecule has 1 N–H and O–H groups in total. The van der Waals surface area contributed by atoms with Gasteiger partial charge in [0, 0.05) is 11.5 Å². The van der Waals surface area contributed by atoms with E-state index >= 15 is 0 Å². The smallest absolute Gasteiger partial charge is 0.130 e. The van der Waals surface area contributed by atoms with Gasteiger partial charge in [-0.2, -0.15) is 0 Å². The zero-order valence-electron chi connectivity index (χ0n) is 9.60. The van der Waals surface area contributed by atoms with E-state index in [1.807, 2.05) is 30.3 Å². The number of aliphatic hydroxyl groups is 1. The first-order valence-electron chi connectivity index (χ1n) is 5.99. The van der Waals surface area contributed by atoms with Gasteiger partial charge in [0.25, 0.3) is 0 Å². The van der Waals surface area contributed by atoms with Crippen LogP contribution in [0.2, 0.25) is 0 Å². The summed E-state index contributed by atoms with van der Waals surface area (Å²) in [7, 11) is 0. The minimum absolute atomic E-state index is 0.0510. The second kappa shape index (κ2) is 4.34. The van der Waals surface area contributed by atoms with E-state index in [4.69, 9.17) is 4.74 Å². The summed E-state index contributed by atoms with van der Waals surface area (Å²) in [6, 6.07) is 9.71. The first kappa shape index (κ1) is 10.5. The molecule has 1 aromatic carbocycles. The highest BCUT2D eigenvalue weighted by Crippen LogP contribution is 2.31. The van der Waals surface area contributed by atoms with Crippen molar-refractivity contribution < 1.29 is 9.84 Å². The molecule has 0 atom stereocenters. The number of hydrogen-bond donors (Lipinski definition) is 1. The zero-order chi connectivity index (χ0) is 11.7. The number of pyridine rings is 1. The first-order valence-corrected chi connectivity index (χ1v) is 5.99. The zero-order valence-corrected chi connectivity index (χ0v) is 9.60. The molecule has 1 heterocycles. The topological polar surface area (TPSA) is 42.4 Å². The van der Waals surface area contributed by atoms with E-state index in [1.54, 1.807) is 0 Å². The summed E-state index contributed by atoms with van der Waals surface area (Å²) in [6.07, 6.45) is 2.55. The predicted molar refractivity (Wildman–Crippen MR) is 65.9 cm³/mol. The van der Waals surface area contributed by atoms with Crippen LogP contribution < -0.4 is 4.74 Å². The van der Waals surface area contributed by atoms with Crippen molar-refractivity contribution >= 4 is 10.9 Å². The number of aromatic nitrogens is 1. The molecule has 88 valence electrons. The van der Waals surface area contributed by atoms with Crippen LogP contribution in [0.4, 0.5) is 0 Å². The van der Waals surface area contributed by atoms with E-state index in [9.17, 15) is 5.11 Å². The van der Waals surface area contributed by atoms with Crippen LogP contribution in [-0.2, 0) is 6.61 Å². The van der Waals surface area contributed by atoms with Crippen LogP contribution >= 0.6 is 0 Å². The van der Waals surface area contributed by atoms with E-state index < -0.39 is 0 Å². The van der Waals surface area contributed by atoms with Crippen LogP contribution in [0.1, 0.15) is 18.5 Å². The summed E-state index contributed by atoms with van der Waals surface area (Å²) in [5.74, 6) is 1.56. The minimum Gasteiger partial charge on any atom is -0.493 e. The number of ether oxygens (including phenoxy) is 1. The van der Waals surface area contributed by atoms with Crippen molar-refractivity contribution in [2.24, 2.45) is 5.92 Å². The monoisotopic (exact) mass is 229 g/mol. The Morgan fingerprint density at radius 1 is 1.29 bits per heavy atom. The van der Waals surface area contributed by atoms with Crippen molar-refractivity contribution in [2.45, 2.75) is 19.4 Å². The molecule has 1 aliphatic carbocycles. The highest BCUT2D eigenvalue weighted by molar-refractivity contribution is 5.85. The van der Waals surface area contributed by atoms with Gasteiger partial charge in [0.05, 0.1) is 24.4 Å². The van der Waals surface area contributed by atoms with Crippen molar-refractivity contribution in [3.8, 4) is 5.75 Å². The number of aliphatic hydroxyl groups excluding tert-OH is 1. The Labute approximate surface area is 100 Å². The van der Waals surface area contributed by atoms with Crippen molar-refractivity contribution in [1.82, 2.24) is 4.98 Å². The van der Waals surface area contributed by atoms with E-state index in [2.05, 4.69) is 4.98 Å². The lowest BCUT2D eigenvalue weighted by molar-refractivity contribution is 0.273. The molecule has 0 radical (unpaired) electrons. The number of nitrogens with zero attached hydrogens (tertiary/aromatic N) is 1. The molecule has 3 rings (SSSR count). The molecule has 1 aliphatic rings. The van der Waals surface area contributed by atoms with Gasteiger partial charge < -0.3 is 9.84 Å². The summed E-state index contributed by atoms with van der Waals surface area (Å²) in [5, 5.41) is 10.2. The number of hydrogen-bond acceptors (Lipinski definition) is 3. The summed E-state index contributed by atoms with van der Waals surface area (Å²) in [4.78, 5) is 4.37. The van der Waals surface area contributed by atoms with Crippen LogP contribution in [0.5, 0.6) is 5.75 Å². The van der Waals surface area contributed by atoms with Gasteiger partial charge >= 0.3 is 0 Å². The second-order valence-corrected chi connectivity index (χ2v) is 4.54. The van der Waals surface area contributed by atoms with Crippen LogP contribution in [0.3, 0.4) is 0 Å². The first-order chi connectivity index (χ1) is 8.36. The molecule has 1 aromatic heterocycles. The quantitative estimate of drug-likeness (QED) is 0.876. The van der Waals surface area contributed by atoms with Crippen LogP contribution in [0.25, 0.3) is 10.9 Å². The lowest BCUT2D eigenvalue weighted by Crippen LogP contribution is -2.01. The second-order valence-electron chi connectivity index (χ2n) is 4.54. The van der Waals surface area contributed by atoms with Gasteiger partial charge in [0.1, 0.15) is 5.75 Å². The number of para-hydroxylation sites is 1. The fourth-order valence-electron chi connectivity index (χ4n) is 1.89. The Morgan fingerprint density at radius 3 is 2.88 bits per heavy atom. The Balaban J connectivity index is 1.99. The Kier molecular flexibility index (Phi) is 2.69. The number of fused-ring (bicyclic) bond motifs is 1. The number of rotatable bonds is 4. The van der Waals surface area contributed by atoms with Crippen LogP contribution in [-0.4, -0.2) is 16.7 Å². The lowest BCUT2D eigenvalue weighted by atomic mass is 10.2. The third kappa shape index (κ3) is 2.24. The van der Waals surface area contributed by atoms with Gasteiger partial charge in [-0.15, -0.1) is 0 Å². The standard InChI is InChI=1S/C14H15NO2/c16-8-11-7-14(17-9-10-5-6-10)12-3-1-2-4-13(12)15-11/h1-4,7,10,16H,5-6,8-9H2. The van der Waals surface area contributed by atoms with Gasteiger partial charge in [-0.25, -0.2) is 0 Å². The van der Waals surface area contributed by atoms with Crippen molar-refractivity contribution in [3.63, 3.8) is 0 Å². The molecule has 3 nitrogen and oxygen atoms in total. The largest absolute Gasteiger partial charge is 0.493 e. The third-order valence-corrected chi connectivity index (χ3v) is 3.06. The third-order valence-electron chi connectivity index (χ3n) is 3.06. The summed E-state index contributed by atoms with van der Waals surface area (Å²) in [6.45, 7) is 0.726. The molecule has 2 aromatic rings. The fourth-order valence-corrected chi connectivity index (χ4v) is 1.89. The SMILES string of the molecule is OCc1cc(OCC2CC2)c2ccccc2n1. The number of benzene rings is 1. The van der Waals surface area contributed by atoms with E-state index in [0.717, 1.165) is 29.2 Å². The van der Waals surface area contributed by atoms with Gasteiger partial charge in [-0.3, -0.25) is 4.98 Å². The molecular weight excluding hydrogens is 214 g/mol. The van der Waals surface area contributed by atoms with Gasteiger partial charge in [0.2, 0.25) is 0 Å². The Morgan fingerprint density at radius 2 is 2.12 bits per heavy atom. The average Bonchev–Trinajstić information content (AvgIpc) is 3.19. The molecule has 3 heteroatoms. The maximum absolute atomic E-state index is 9.19. The Hall–Kier alpha value is -1.61. The summed E-state index contributed by atoms with van der Waals surface area (Å²) in [5.41, 5.74) is 1.54. The van der Waals surface area contributed by atoms with Crippen molar-refractivity contribution in [2.75, 3.05) is 6.61 Å². The molecule has 1 saturated carbocycles. The maximum Gasteiger partial charge on any atom is 0.130 e. The van der Waals surface area contributed by atoms with E-state index in [-0.39, 0.29) is 6.61 Å². The lowest BCUT2D eigenvalue weighted by Gasteiger charge is -2.10. The van der Waals surface area contributed by atoms with E-state index in [1.165, 1.54) is 12.8 Å². The summed E-state index contributed by atoms with van der Waals surface area (Å²) < 4.78 is 5.83. The van der Waals surface area contributed by atoms with E-state index in [0.29, 0.717) is 5.69 Å². The van der Waals surface area contributed by atoms with Crippen molar-refractivity contribution in [3.05, 3.63) is 36.0 Å². The maximum atomic E-state index is 9.19. The molecule has 0 bridgehead atoms. The molecule has 0 spiro atoms. The molecule has 1 fully saturated rings. The van der Waals surface area contributed by atoms with Crippen molar-refractivity contribution in [1.29, 1.82) is 0 Å². The molecular formula is C14H15NO2. The van der Waals surface area contributed by atoms with Gasteiger partial charge in [-0.1, -0.05) is 12.1 Å². The normalized spacial score (nSPS) is 15.1. The fraction of sp³-hybridized carbons (Fsp3) is 0.357. The molecule has 0 unspecified atom stereocenters. The van der Waals surface area contributed by atoms with Crippen LogP contribution in [0.15, 0.2) is 30.3 Å². The van der Waals surface area contributed by atoms with Gasteiger partial charge in [-0.05, 0) is 30.9 Å². The average molecular weight is 229 g/mol. The van der Waals surface area contributed by atoms with Gasteiger partial charge in [0.15, 0.2) is 0 Å². The molecule has 0 amide bonds.